The minimum atomic E-state index is -5.34. The van der Waals surface area contributed by atoms with Crippen molar-refractivity contribution in [1.82, 2.24) is 10.6 Å². The van der Waals surface area contributed by atoms with Crippen LogP contribution in [0.4, 0.5) is 23.7 Å². The summed E-state index contributed by atoms with van der Waals surface area (Å²) in [4.78, 5) is 35.3. The molecule has 0 radical (unpaired) electrons. The van der Waals surface area contributed by atoms with Gasteiger partial charge in [-0.15, -0.1) is 0 Å². The van der Waals surface area contributed by atoms with E-state index in [0.29, 0.717) is 0 Å². The van der Waals surface area contributed by atoms with Crippen LogP contribution < -0.4 is 10.6 Å². The number of nitro groups is 1. The minimum Gasteiger partial charge on any atom is -0.459 e. The van der Waals surface area contributed by atoms with Crippen molar-refractivity contribution in [3.63, 3.8) is 0 Å². The summed E-state index contributed by atoms with van der Waals surface area (Å²) in [6.45, 7) is 0. The average molecular weight is 475 g/mol. The highest BCUT2D eigenvalue weighted by molar-refractivity contribution is 5.91. The molecule has 2 heterocycles. The molecule has 3 atom stereocenters. The van der Waals surface area contributed by atoms with Gasteiger partial charge in [0.25, 0.3) is 5.69 Å². The topological polar surface area (TPSA) is 135 Å². The molecule has 2 aromatic carbocycles. The number of nitrogens with zero attached hydrogens (tertiary/aromatic N) is 1. The number of alkyl halides is 3. The number of ketones is 1. The van der Waals surface area contributed by atoms with E-state index in [4.69, 9.17) is 4.42 Å². The number of urea groups is 1. The number of carbonyl (C=O) groups excluding carboxylic acids is 2. The summed E-state index contributed by atoms with van der Waals surface area (Å²) in [6.07, 6.45) is -5.34. The minimum absolute atomic E-state index is 0.0490. The number of aliphatic hydroxyl groups is 1. The van der Waals surface area contributed by atoms with Crippen LogP contribution in [0.5, 0.6) is 0 Å². The number of nitro benzene ring substituents is 1. The van der Waals surface area contributed by atoms with Gasteiger partial charge >= 0.3 is 12.2 Å². The van der Waals surface area contributed by atoms with Gasteiger partial charge in [0.2, 0.25) is 5.78 Å². The monoisotopic (exact) mass is 475 g/mol. The maximum atomic E-state index is 13.6. The summed E-state index contributed by atoms with van der Waals surface area (Å²) in [5.74, 6) is -4.75. The number of rotatable bonds is 5. The number of benzene rings is 2. The summed E-state index contributed by atoms with van der Waals surface area (Å²) >= 11 is 0. The zero-order valence-electron chi connectivity index (χ0n) is 17.1. The van der Waals surface area contributed by atoms with Crippen LogP contribution in [0.1, 0.15) is 17.4 Å². The lowest BCUT2D eigenvalue weighted by Crippen LogP contribution is -2.66. The third-order valence-corrected chi connectivity index (χ3v) is 5.42. The first-order valence-electron chi connectivity index (χ1n) is 9.83. The van der Waals surface area contributed by atoms with Crippen molar-refractivity contribution in [1.29, 1.82) is 0 Å². The Labute approximate surface area is 189 Å². The van der Waals surface area contributed by atoms with Crippen LogP contribution in [0.25, 0.3) is 11.3 Å². The molecule has 176 valence electrons. The van der Waals surface area contributed by atoms with E-state index in [2.05, 4.69) is 5.32 Å². The molecule has 3 aromatic rings. The molecule has 3 N–H and O–H groups in total. The first kappa shape index (κ1) is 23.0. The molecule has 9 nitrogen and oxygen atoms in total. The van der Waals surface area contributed by atoms with Crippen molar-refractivity contribution in [2.45, 2.75) is 17.9 Å². The highest BCUT2D eigenvalue weighted by atomic mass is 19.4. The first-order chi connectivity index (χ1) is 16.0. The van der Waals surface area contributed by atoms with Crippen LogP contribution in [0.15, 0.2) is 71.1 Å². The average Bonchev–Trinajstić information content (AvgIpc) is 3.28. The molecule has 1 fully saturated rings. The molecule has 12 heteroatoms. The number of Topliss-reactive ketones (excluding diaryl/α,β-unsaturated/α-hetero) is 1. The molecule has 1 saturated heterocycles. The Morgan fingerprint density at radius 1 is 1.09 bits per heavy atom. The van der Waals surface area contributed by atoms with Crippen molar-refractivity contribution in [2.75, 3.05) is 0 Å². The molecule has 1 aliphatic rings. The molecule has 4 rings (SSSR count). The van der Waals surface area contributed by atoms with Gasteiger partial charge in [0, 0.05) is 23.3 Å². The van der Waals surface area contributed by atoms with Crippen LogP contribution in [0.3, 0.4) is 0 Å². The third kappa shape index (κ3) is 4.10. The van der Waals surface area contributed by atoms with E-state index in [9.17, 15) is 38.0 Å². The zero-order chi connectivity index (χ0) is 24.7. The number of amides is 2. The molecule has 3 unspecified atom stereocenters. The first-order valence-corrected chi connectivity index (χ1v) is 9.83. The Morgan fingerprint density at radius 2 is 1.79 bits per heavy atom. The van der Waals surface area contributed by atoms with E-state index in [1.54, 1.807) is 6.07 Å². The van der Waals surface area contributed by atoms with Gasteiger partial charge in [-0.25, -0.2) is 4.79 Å². The molecule has 1 aromatic heterocycles. The van der Waals surface area contributed by atoms with E-state index < -0.39 is 40.6 Å². The second kappa shape index (κ2) is 8.30. The Balaban J connectivity index is 1.81. The van der Waals surface area contributed by atoms with Crippen molar-refractivity contribution in [2.24, 2.45) is 5.92 Å². The normalized spacial score (nSPS) is 22.5. The quantitative estimate of drug-likeness (QED) is 0.380. The van der Waals surface area contributed by atoms with E-state index in [1.165, 1.54) is 60.7 Å². The molecule has 2 amide bonds. The Bertz CT molecular complexity index is 1260. The number of hydrogen-bond donors (Lipinski definition) is 3. The van der Waals surface area contributed by atoms with Gasteiger partial charge in [-0.3, -0.25) is 14.9 Å². The summed E-state index contributed by atoms with van der Waals surface area (Å²) in [6, 6.07) is 12.1. The third-order valence-electron chi connectivity index (χ3n) is 5.42. The highest BCUT2D eigenvalue weighted by Gasteiger charge is 2.60. The number of nitrogens with one attached hydrogen (secondary N) is 2. The fraction of sp³-hybridized carbons (Fsp3) is 0.182. The number of non-ortho nitro benzene ring substituents is 1. The van der Waals surface area contributed by atoms with E-state index >= 15 is 0 Å². The van der Waals surface area contributed by atoms with Gasteiger partial charge in [-0.05, 0) is 12.1 Å². The fourth-order valence-corrected chi connectivity index (χ4v) is 3.90. The molecular formula is C22H16F3N3O6. The second-order valence-corrected chi connectivity index (χ2v) is 7.56. The maximum Gasteiger partial charge on any atom is 0.450 e. The molecule has 0 spiro atoms. The van der Waals surface area contributed by atoms with Gasteiger partial charge in [0.1, 0.15) is 23.5 Å². The molecular weight excluding hydrogens is 459 g/mol. The number of hydrogen-bond acceptors (Lipinski definition) is 6. The van der Waals surface area contributed by atoms with Gasteiger partial charge in [0.05, 0.1) is 4.92 Å². The number of carbonyl (C=O) groups is 2. The predicted molar refractivity (Wildman–Crippen MR) is 110 cm³/mol. The van der Waals surface area contributed by atoms with Crippen molar-refractivity contribution >= 4 is 17.5 Å². The maximum absolute atomic E-state index is 13.6. The van der Waals surface area contributed by atoms with Crippen LogP contribution in [0.2, 0.25) is 0 Å². The summed E-state index contributed by atoms with van der Waals surface area (Å²) in [5.41, 5.74) is -2.84. The summed E-state index contributed by atoms with van der Waals surface area (Å²) < 4.78 is 46.3. The van der Waals surface area contributed by atoms with Crippen LogP contribution in [-0.2, 0) is 10.5 Å². The smallest absolute Gasteiger partial charge is 0.450 e. The van der Waals surface area contributed by atoms with Gasteiger partial charge in [-0.1, -0.05) is 42.5 Å². The van der Waals surface area contributed by atoms with Gasteiger partial charge in [0.15, 0.2) is 5.72 Å². The predicted octanol–water partition coefficient (Wildman–Crippen LogP) is 3.80. The van der Waals surface area contributed by atoms with Crippen LogP contribution >= 0.6 is 0 Å². The second-order valence-electron chi connectivity index (χ2n) is 7.56. The SMILES string of the molecule is O=C1NC(c2ccc(-c3cccc([N+](=O)[O-])c3)o2)C(C(=O)C(F)(F)F)C(O)(c2ccccc2)N1. The lowest BCUT2D eigenvalue weighted by atomic mass is 9.77. The van der Waals surface area contributed by atoms with Crippen molar-refractivity contribution in [3.05, 3.63) is 88.2 Å². The molecule has 1 aliphatic heterocycles. The zero-order valence-corrected chi connectivity index (χ0v) is 17.1. The molecule has 0 saturated carbocycles. The van der Waals surface area contributed by atoms with Gasteiger partial charge in [-0.2, -0.15) is 13.2 Å². The molecule has 34 heavy (non-hydrogen) atoms. The van der Waals surface area contributed by atoms with Crippen molar-refractivity contribution < 1.29 is 37.2 Å². The highest BCUT2D eigenvalue weighted by Crippen LogP contribution is 2.43. The lowest BCUT2D eigenvalue weighted by Gasteiger charge is -2.44. The van der Waals surface area contributed by atoms with E-state index in [1.807, 2.05) is 5.32 Å². The number of furan rings is 1. The Morgan fingerprint density at radius 3 is 2.44 bits per heavy atom. The fourth-order valence-electron chi connectivity index (χ4n) is 3.90. The van der Waals surface area contributed by atoms with Crippen LogP contribution in [0, 0.1) is 16.0 Å². The number of halogens is 3. The Hall–Kier alpha value is -4.19. The molecule has 0 aliphatic carbocycles. The molecule has 0 bridgehead atoms. The van der Waals surface area contributed by atoms with Crippen LogP contribution in [-0.4, -0.2) is 28.0 Å². The van der Waals surface area contributed by atoms with E-state index in [0.717, 1.165) is 0 Å². The Kier molecular flexibility index (Phi) is 5.61. The largest absolute Gasteiger partial charge is 0.459 e. The lowest BCUT2D eigenvalue weighted by molar-refractivity contribution is -0.384. The van der Waals surface area contributed by atoms with Crippen molar-refractivity contribution in [3.8, 4) is 11.3 Å². The summed E-state index contributed by atoms with van der Waals surface area (Å²) in [5, 5.41) is 26.6. The standard InChI is InChI=1S/C22H16F3N3O6/c23-22(24,25)19(29)17-18(26-20(30)27-21(17,31)13-6-2-1-3-7-13)16-10-9-15(34-16)12-5-4-8-14(11-12)28(32)33/h1-11,17-18,31H,(H2,26,27,30). The summed E-state index contributed by atoms with van der Waals surface area (Å²) in [7, 11) is 0. The van der Waals surface area contributed by atoms with Gasteiger partial charge < -0.3 is 20.2 Å². The van der Waals surface area contributed by atoms with E-state index in [-0.39, 0.29) is 28.3 Å².